The van der Waals surface area contributed by atoms with E-state index >= 15 is 0 Å². The van der Waals surface area contributed by atoms with Crippen molar-refractivity contribution in [1.82, 2.24) is 5.32 Å². The number of amides is 1. The number of rotatable bonds is 70. The van der Waals surface area contributed by atoms with Crippen molar-refractivity contribution in [3.63, 3.8) is 0 Å². The highest BCUT2D eigenvalue weighted by molar-refractivity contribution is 5.76. The number of ether oxygens (including phenoxy) is 1. The Morgan fingerprint density at radius 1 is 0.338 bits per heavy atom. The van der Waals surface area contributed by atoms with E-state index in [0.29, 0.717) is 19.4 Å². The second kappa shape index (κ2) is 70.1. The highest BCUT2D eigenvalue weighted by Gasteiger charge is 2.18. The molecule has 0 bridgehead atoms. The van der Waals surface area contributed by atoms with E-state index in [1.54, 1.807) is 6.08 Å². The number of esters is 1. The molecule has 2 atom stereocenters. The number of allylic oxidation sites excluding steroid dienone is 1. The smallest absolute Gasteiger partial charge is 0.305 e. The van der Waals surface area contributed by atoms with Gasteiger partial charge in [-0.05, 0) is 32.1 Å². The van der Waals surface area contributed by atoms with Crippen molar-refractivity contribution in [3.05, 3.63) is 12.2 Å². The van der Waals surface area contributed by atoms with Crippen molar-refractivity contribution in [3.8, 4) is 0 Å². The summed E-state index contributed by atoms with van der Waals surface area (Å²) < 4.78 is 5.50. The molecular formula is C74H145NO5. The van der Waals surface area contributed by atoms with Gasteiger partial charge in [-0.15, -0.1) is 0 Å². The van der Waals surface area contributed by atoms with Gasteiger partial charge in [0.05, 0.1) is 25.4 Å². The first-order chi connectivity index (χ1) is 39.5. The fourth-order valence-electron chi connectivity index (χ4n) is 11.9. The van der Waals surface area contributed by atoms with Crippen LogP contribution in [0.5, 0.6) is 0 Å². The van der Waals surface area contributed by atoms with E-state index in [2.05, 4.69) is 19.2 Å². The third kappa shape index (κ3) is 65.7. The Balaban J connectivity index is 3.38. The zero-order valence-corrected chi connectivity index (χ0v) is 54.6. The molecule has 0 rings (SSSR count). The quantitative estimate of drug-likeness (QED) is 0.0320. The maximum atomic E-state index is 12.5. The van der Waals surface area contributed by atoms with Gasteiger partial charge in [0.2, 0.25) is 5.91 Å². The number of hydrogen-bond acceptors (Lipinski definition) is 5. The Morgan fingerprint density at radius 3 is 0.850 bits per heavy atom. The van der Waals surface area contributed by atoms with Gasteiger partial charge in [0, 0.05) is 12.8 Å². The molecule has 0 aliphatic heterocycles. The van der Waals surface area contributed by atoms with Gasteiger partial charge < -0.3 is 20.3 Å². The van der Waals surface area contributed by atoms with Crippen LogP contribution in [0.25, 0.3) is 0 Å². The Kier molecular flexibility index (Phi) is 68.9. The van der Waals surface area contributed by atoms with Crippen LogP contribution in [0.15, 0.2) is 12.2 Å². The first kappa shape index (κ1) is 78.6. The molecule has 0 fully saturated rings. The van der Waals surface area contributed by atoms with Crippen LogP contribution in [0, 0.1) is 0 Å². The maximum absolute atomic E-state index is 12.5. The Bertz CT molecular complexity index is 1210. The minimum absolute atomic E-state index is 0.0192. The number of hydrogen-bond donors (Lipinski definition) is 3. The lowest BCUT2D eigenvalue weighted by Gasteiger charge is -2.20. The van der Waals surface area contributed by atoms with E-state index < -0.39 is 12.1 Å². The lowest BCUT2D eigenvalue weighted by Crippen LogP contribution is -2.45. The standard InChI is InChI=1S/C74H145NO5/c1-3-5-7-9-11-13-15-17-19-20-21-22-23-26-29-32-35-39-42-46-50-54-58-62-66-72(77)71(70-76)75-73(78)67-63-59-55-51-47-43-40-36-33-30-27-24-25-28-31-34-37-41-45-49-53-57-61-65-69-80-74(79)68-64-60-56-52-48-44-38-18-16-14-12-10-8-6-4-2/h62,66,71-72,76-77H,3-61,63-65,67-70H2,1-2H3,(H,75,78)/b66-62+. The van der Waals surface area contributed by atoms with E-state index in [1.165, 1.54) is 360 Å². The van der Waals surface area contributed by atoms with Crippen molar-refractivity contribution < 1.29 is 24.5 Å². The van der Waals surface area contributed by atoms with Gasteiger partial charge in [0.1, 0.15) is 0 Å². The maximum Gasteiger partial charge on any atom is 0.305 e. The van der Waals surface area contributed by atoms with Crippen LogP contribution >= 0.6 is 0 Å². The summed E-state index contributed by atoms with van der Waals surface area (Å²) in [5, 5.41) is 23.3. The summed E-state index contributed by atoms with van der Waals surface area (Å²) >= 11 is 0. The molecule has 0 aromatic heterocycles. The van der Waals surface area contributed by atoms with Gasteiger partial charge in [-0.3, -0.25) is 9.59 Å². The average Bonchev–Trinajstić information content (AvgIpc) is 3.46. The Hall–Kier alpha value is -1.40. The molecule has 0 aromatic carbocycles. The van der Waals surface area contributed by atoms with Gasteiger partial charge in [-0.25, -0.2) is 0 Å². The van der Waals surface area contributed by atoms with E-state index in [9.17, 15) is 19.8 Å². The molecule has 0 saturated heterocycles. The molecule has 6 nitrogen and oxygen atoms in total. The molecule has 2 unspecified atom stereocenters. The number of nitrogens with one attached hydrogen (secondary N) is 1. The molecule has 0 radical (unpaired) electrons. The van der Waals surface area contributed by atoms with Gasteiger partial charge in [0.25, 0.3) is 0 Å². The monoisotopic (exact) mass is 1130 g/mol. The van der Waals surface area contributed by atoms with Crippen LogP contribution in [0.4, 0.5) is 0 Å². The molecule has 3 N–H and O–H groups in total. The van der Waals surface area contributed by atoms with Crippen LogP contribution in [0.1, 0.15) is 425 Å². The average molecular weight is 1130 g/mol. The molecule has 0 aliphatic carbocycles. The highest BCUT2D eigenvalue weighted by Crippen LogP contribution is 2.20. The molecule has 0 aliphatic rings. The van der Waals surface area contributed by atoms with Crippen LogP contribution in [0.2, 0.25) is 0 Å². The molecule has 6 heteroatoms. The molecule has 80 heavy (non-hydrogen) atoms. The topological polar surface area (TPSA) is 95.9 Å². The van der Waals surface area contributed by atoms with E-state index in [4.69, 9.17) is 4.74 Å². The Labute approximate surface area is 501 Å². The lowest BCUT2D eigenvalue weighted by molar-refractivity contribution is -0.143. The highest BCUT2D eigenvalue weighted by atomic mass is 16.5. The van der Waals surface area contributed by atoms with Crippen LogP contribution in [-0.4, -0.2) is 47.4 Å². The molecule has 476 valence electrons. The fourth-order valence-corrected chi connectivity index (χ4v) is 11.9. The summed E-state index contributed by atoms with van der Waals surface area (Å²) in [6.07, 6.45) is 87.3. The van der Waals surface area contributed by atoms with Crippen LogP contribution in [0.3, 0.4) is 0 Å². The summed E-state index contributed by atoms with van der Waals surface area (Å²) in [6, 6.07) is -0.628. The van der Waals surface area contributed by atoms with E-state index in [0.717, 1.165) is 38.5 Å². The lowest BCUT2D eigenvalue weighted by atomic mass is 10.0. The third-order valence-corrected chi connectivity index (χ3v) is 17.6. The van der Waals surface area contributed by atoms with Gasteiger partial charge >= 0.3 is 5.97 Å². The summed E-state index contributed by atoms with van der Waals surface area (Å²) in [5.41, 5.74) is 0. The van der Waals surface area contributed by atoms with Crippen molar-refractivity contribution in [2.24, 2.45) is 0 Å². The van der Waals surface area contributed by atoms with Crippen molar-refractivity contribution in [1.29, 1.82) is 0 Å². The molecule has 0 heterocycles. The SMILES string of the molecule is CCCCCCCCCCCCCCCCCCCCCCCC/C=C/C(O)C(CO)NC(=O)CCCCCCCCCCCCCCCCCCCCCCCCCCOC(=O)CCCCCCCCCCCCCCCCC. The van der Waals surface area contributed by atoms with Gasteiger partial charge in [0.15, 0.2) is 0 Å². The zero-order valence-electron chi connectivity index (χ0n) is 54.6. The normalized spacial score (nSPS) is 12.5. The molecule has 1 amide bonds. The molecule has 0 aromatic rings. The zero-order chi connectivity index (χ0) is 57.8. The second-order valence-corrected chi connectivity index (χ2v) is 25.6. The Morgan fingerprint density at radius 2 is 0.575 bits per heavy atom. The first-order valence-electron chi connectivity index (χ1n) is 37.0. The van der Waals surface area contributed by atoms with Crippen LogP contribution < -0.4 is 5.32 Å². The summed E-state index contributed by atoms with van der Waals surface area (Å²) in [5.74, 6) is -0.0422. The van der Waals surface area contributed by atoms with Crippen molar-refractivity contribution >= 4 is 11.9 Å². The predicted molar refractivity (Wildman–Crippen MR) is 352 cm³/mol. The van der Waals surface area contributed by atoms with Gasteiger partial charge in [-0.1, -0.05) is 392 Å². The summed E-state index contributed by atoms with van der Waals surface area (Å²) in [4.78, 5) is 24.6. The third-order valence-electron chi connectivity index (χ3n) is 17.6. The van der Waals surface area contributed by atoms with Crippen LogP contribution in [-0.2, 0) is 14.3 Å². The minimum atomic E-state index is -0.844. The number of unbranched alkanes of at least 4 members (excludes halogenated alkanes) is 59. The fraction of sp³-hybridized carbons (Fsp3) is 0.946. The predicted octanol–water partition coefficient (Wildman–Crippen LogP) is 23.9. The number of aliphatic hydroxyl groups excluding tert-OH is 2. The van der Waals surface area contributed by atoms with E-state index in [-0.39, 0.29) is 18.5 Å². The molecule has 0 saturated carbocycles. The van der Waals surface area contributed by atoms with Gasteiger partial charge in [-0.2, -0.15) is 0 Å². The second-order valence-electron chi connectivity index (χ2n) is 25.6. The number of carbonyl (C=O) groups is 2. The minimum Gasteiger partial charge on any atom is -0.466 e. The molecule has 0 spiro atoms. The van der Waals surface area contributed by atoms with Crippen molar-refractivity contribution in [2.45, 2.75) is 437 Å². The largest absolute Gasteiger partial charge is 0.466 e. The number of carbonyl (C=O) groups excluding carboxylic acids is 2. The summed E-state index contributed by atoms with van der Waals surface area (Å²) in [7, 11) is 0. The first-order valence-corrected chi connectivity index (χ1v) is 37.0. The summed E-state index contributed by atoms with van der Waals surface area (Å²) in [6.45, 7) is 4.96. The number of aliphatic hydroxyl groups is 2. The van der Waals surface area contributed by atoms with Crippen molar-refractivity contribution in [2.75, 3.05) is 13.2 Å². The molecular weight excluding hydrogens is 983 g/mol. The van der Waals surface area contributed by atoms with E-state index in [1.807, 2.05) is 6.08 Å².